The molecule has 0 fully saturated rings. The van der Waals surface area contributed by atoms with Crippen LogP contribution in [-0.2, 0) is 4.79 Å². The highest BCUT2D eigenvalue weighted by atomic mass is 32.1. The standard InChI is InChI=1S/C20H21N3O2S2/c1-11-8-13(3)15(9-12(11)2)16-10-27-20(22-16)23-18(24)14(4)21-19(25)17-6-5-7-26-17/h5-10,14H,1-4H3,(H,21,25)(H,22,23,24). The Labute approximate surface area is 166 Å². The van der Waals surface area contributed by atoms with Crippen molar-refractivity contribution in [3.8, 4) is 11.3 Å². The van der Waals surface area contributed by atoms with Crippen molar-refractivity contribution in [1.82, 2.24) is 10.3 Å². The first-order valence-corrected chi connectivity index (χ1v) is 10.3. The first-order valence-electron chi connectivity index (χ1n) is 8.54. The lowest BCUT2D eigenvalue weighted by Gasteiger charge is -2.12. The van der Waals surface area contributed by atoms with Crippen LogP contribution in [0.1, 0.15) is 33.3 Å². The van der Waals surface area contributed by atoms with Crippen molar-refractivity contribution in [2.24, 2.45) is 0 Å². The summed E-state index contributed by atoms with van der Waals surface area (Å²) in [6, 6.07) is 7.13. The van der Waals surface area contributed by atoms with Crippen LogP contribution in [0.25, 0.3) is 11.3 Å². The van der Waals surface area contributed by atoms with Crippen molar-refractivity contribution in [1.29, 1.82) is 0 Å². The van der Waals surface area contributed by atoms with Gasteiger partial charge in [-0.25, -0.2) is 4.98 Å². The number of benzene rings is 1. The number of thiophene rings is 1. The number of thiazole rings is 1. The Balaban J connectivity index is 1.67. The second-order valence-electron chi connectivity index (χ2n) is 6.45. The summed E-state index contributed by atoms with van der Waals surface area (Å²) < 4.78 is 0. The van der Waals surface area contributed by atoms with E-state index in [2.05, 4.69) is 48.5 Å². The van der Waals surface area contributed by atoms with Gasteiger partial charge in [0.1, 0.15) is 6.04 Å². The number of amides is 2. The van der Waals surface area contributed by atoms with Gasteiger partial charge in [0.2, 0.25) is 5.91 Å². The number of carbonyl (C=O) groups is 2. The molecule has 0 aliphatic carbocycles. The van der Waals surface area contributed by atoms with Gasteiger partial charge in [-0.2, -0.15) is 0 Å². The average Bonchev–Trinajstić information content (AvgIpc) is 3.30. The molecular weight excluding hydrogens is 378 g/mol. The summed E-state index contributed by atoms with van der Waals surface area (Å²) in [4.78, 5) is 29.6. The molecule has 1 aromatic carbocycles. The minimum absolute atomic E-state index is 0.252. The summed E-state index contributed by atoms with van der Waals surface area (Å²) in [5.41, 5.74) is 5.51. The van der Waals surface area contributed by atoms with Crippen LogP contribution in [0.15, 0.2) is 35.0 Å². The molecule has 140 valence electrons. The normalized spacial score (nSPS) is 11.9. The fourth-order valence-corrected chi connectivity index (χ4v) is 3.99. The molecule has 3 rings (SSSR count). The monoisotopic (exact) mass is 399 g/mol. The van der Waals surface area contributed by atoms with E-state index in [-0.39, 0.29) is 11.8 Å². The molecule has 2 amide bonds. The van der Waals surface area contributed by atoms with E-state index >= 15 is 0 Å². The summed E-state index contributed by atoms with van der Waals surface area (Å²) in [6.07, 6.45) is 0. The second-order valence-corrected chi connectivity index (χ2v) is 8.26. The topological polar surface area (TPSA) is 71.1 Å². The number of aromatic nitrogens is 1. The Bertz CT molecular complexity index is 977. The average molecular weight is 400 g/mol. The number of hydrogen-bond acceptors (Lipinski definition) is 5. The van der Waals surface area contributed by atoms with Crippen molar-refractivity contribution in [3.05, 3.63) is 56.6 Å². The van der Waals surface area contributed by atoms with E-state index in [0.29, 0.717) is 10.0 Å². The molecule has 0 radical (unpaired) electrons. The van der Waals surface area contributed by atoms with E-state index in [9.17, 15) is 9.59 Å². The van der Waals surface area contributed by atoms with Crippen molar-refractivity contribution in [2.75, 3.05) is 5.32 Å². The van der Waals surface area contributed by atoms with E-state index < -0.39 is 6.04 Å². The largest absolute Gasteiger partial charge is 0.340 e. The minimum atomic E-state index is -0.657. The van der Waals surface area contributed by atoms with Gasteiger partial charge in [0.25, 0.3) is 5.91 Å². The zero-order chi connectivity index (χ0) is 19.6. The minimum Gasteiger partial charge on any atom is -0.340 e. The van der Waals surface area contributed by atoms with Crippen molar-refractivity contribution >= 4 is 39.6 Å². The molecule has 1 atom stereocenters. The van der Waals surface area contributed by atoms with Gasteiger partial charge in [-0.3, -0.25) is 9.59 Å². The van der Waals surface area contributed by atoms with E-state index in [1.165, 1.54) is 33.8 Å². The molecule has 3 aromatic rings. The number of anilines is 1. The number of aryl methyl sites for hydroxylation is 3. The molecule has 27 heavy (non-hydrogen) atoms. The van der Waals surface area contributed by atoms with Gasteiger partial charge in [0, 0.05) is 10.9 Å². The molecule has 1 unspecified atom stereocenters. The smallest absolute Gasteiger partial charge is 0.261 e. The molecule has 0 aliphatic rings. The maximum atomic E-state index is 12.4. The first-order chi connectivity index (χ1) is 12.8. The second kappa shape index (κ2) is 8.02. The number of nitrogens with one attached hydrogen (secondary N) is 2. The van der Waals surface area contributed by atoms with Crippen LogP contribution in [0.4, 0.5) is 5.13 Å². The molecular formula is C20H21N3O2S2. The summed E-state index contributed by atoms with van der Waals surface area (Å²) in [7, 11) is 0. The fourth-order valence-electron chi connectivity index (χ4n) is 2.65. The fraction of sp³-hybridized carbons (Fsp3) is 0.250. The van der Waals surface area contributed by atoms with Crippen molar-refractivity contribution in [3.63, 3.8) is 0 Å². The Hall–Kier alpha value is -2.51. The highest BCUT2D eigenvalue weighted by molar-refractivity contribution is 7.14. The van der Waals surface area contributed by atoms with Crippen LogP contribution in [-0.4, -0.2) is 22.8 Å². The van der Waals surface area contributed by atoms with Crippen LogP contribution in [0, 0.1) is 20.8 Å². The highest BCUT2D eigenvalue weighted by Crippen LogP contribution is 2.29. The third-order valence-corrected chi connectivity index (χ3v) is 5.96. The van der Waals surface area contributed by atoms with Gasteiger partial charge >= 0.3 is 0 Å². The van der Waals surface area contributed by atoms with Gasteiger partial charge in [-0.1, -0.05) is 12.1 Å². The van der Waals surface area contributed by atoms with Gasteiger partial charge < -0.3 is 10.6 Å². The first kappa shape index (κ1) is 19.3. The summed E-state index contributed by atoms with van der Waals surface area (Å²) in [5, 5.41) is 9.76. The van der Waals surface area contributed by atoms with Crippen LogP contribution in [0.5, 0.6) is 0 Å². The van der Waals surface area contributed by atoms with Gasteiger partial charge in [0.15, 0.2) is 5.13 Å². The van der Waals surface area contributed by atoms with Crippen molar-refractivity contribution in [2.45, 2.75) is 33.7 Å². The summed E-state index contributed by atoms with van der Waals surface area (Å²) >= 11 is 2.71. The SMILES string of the molecule is Cc1cc(C)c(-c2csc(NC(=O)C(C)NC(=O)c3cccs3)n2)cc1C. The number of rotatable bonds is 5. The summed E-state index contributed by atoms with van der Waals surface area (Å²) in [6.45, 7) is 7.88. The molecule has 2 aromatic heterocycles. The molecule has 5 nitrogen and oxygen atoms in total. The highest BCUT2D eigenvalue weighted by Gasteiger charge is 2.19. The van der Waals surface area contributed by atoms with Crippen LogP contribution in [0.2, 0.25) is 0 Å². The zero-order valence-corrected chi connectivity index (χ0v) is 17.3. The Kier molecular flexibility index (Phi) is 5.72. The third kappa shape index (κ3) is 4.43. The number of carbonyl (C=O) groups excluding carboxylic acids is 2. The Morgan fingerprint density at radius 3 is 2.52 bits per heavy atom. The van der Waals surface area contributed by atoms with E-state index in [1.54, 1.807) is 19.1 Å². The molecule has 2 heterocycles. The molecule has 7 heteroatoms. The molecule has 0 aliphatic heterocycles. The lowest BCUT2D eigenvalue weighted by atomic mass is 9.99. The van der Waals surface area contributed by atoms with E-state index in [0.717, 1.165) is 16.8 Å². The zero-order valence-electron chi connectivity index (χ0n) is 15.6. The van der Waals surface area contributed by atoms with Crippen LogP contribution >= 0.6 is 22.7 Å². The molecule has 0 saturated heterocycles. The Morgan fingerprint density at radius 2 is 1.81 bits per heavy atom. The number of hydrogen-bond donors (Lipinski definition) is 2. The quantitative estimate of drug-likeness (QED) is 0.661. The predicted molar refractivity (Wildman–Crippen MR) is 112 cm³/mol. The lowest BCUT2D eigenvalue weighted by molar-refractivity contribution is -0.117. The predicted octanol–water partition coefficient (Wildman–Crippen LogP) is 4.55. The third-order valence-electron chi connectivity index (χ3n) is 4.34. The summed E-state index contributed by atoms with van der Waals surface area (Å²) in [5.74, 6) is -0.546. The maximum absolute atomic E-state index is 12.4. The van der Waals surface area contributed by atoms with Gasteiger partial charge in [0.05, 0.1) is 10.6 Å². The van der Waals surface area contributed by atoms with Crippen LogP contribution < -0.4 is 10.6 Å². The molecule has 0 bridgehead atoms. The maximum Gasteiger partial charge on any atom is 0.261 e. The van der Waals surface area contributed by atoms with Crippen molar-refractivity contribution < 1.29 is 9.59 Å². The number of nitrogens with zero attached hydrogens (tertiary/aromatic N) is 1. The lowest BCUT2D eigenvalue weighted by Crippen LogP contribution is -2.41. The van der Waals surface area contributed by atoms with Crippen LogP contribution in [0.3, 0.4) is 0 Å². The Morgan fingerprint density at radius 1 is 1.07 bits per heavy atom. The van der Waals surface area contributed by atoms with E-state index in [1.807, 2.05) is 10.8 Å². The van der Waals surface area contributed by atoms with Gasteiger partial charge in [-0.15, -0.1) is 22.7 Å². The molecule has 0 spiro atoms. The van der Waals surface area contributed by atoms with E-state index in [4.69, 9.17) is 0 Å². The molecule has 2 N–H and O–H groups in total. The molecule has 0 saturated carbocycles. The van der Waals surface area contributed by atoms with Gasteiger partial charge in [-0.05, 0) is 61.9 Å².